The number of ketones is 2. The van der Waals surface area contributed by atoms with Crippen LogP contribution in [0.3, 0.4) is 0 Å². The molecule has 27 heavy (non-hydrogen) atoms. The predicted octanol–water partition coefficient (Wildman–Crippen LogP) is 3.51. The molecule has 4 rings (SSSR count). The van der Waals surface area contributed by atoms with E-state index in [9.17, 15) is 19.8 Å². The fraction of sp³-hybridized carbons (Fsp3) is 0.0476. The lowest BCUT2D eigenvalue weighted by Gasteiger charge is -2.23. The number of phenolic OH excluding ortho intramolecular Hbond substituents is 2. The first kappa shape index (κ1) is 16.7. The van der Waals surface area contributed by atoms with Crippen molar-refractivity contribution >= 4 is 28.6 Å². The Morgan fingerprint density at radius 2 is 1.30 bits per heavy atom. The van der Waals surface area contributed by atoms with Gasteiger partial charge in [0.15, 0.2) is 0 Å². The lowest BCUT2D eigenvalue weighted by molar-refractivity contribution is 0.0975. The molecular weight excluding hydrogens is 344 g/mol. The second-order valence-corrected chi connectivity index (χ2v) is 6.46. The van der Waals surface area contributed by atoms with Crippen molar-refractivity contribution in [2.75, 3.05) is 11.1 Å². The highest BCUT2D eigenvalue weighted by atomic mass is 16.3. The molecule has 0 aliphatic heterocycles. The summed E-state index contributed by atoms with van der Waals surface area (Å²) in [5.74, 6) is -1.91. The smallest absolute Gasteiger partial charge is 0.200 e. The van der Waals surface area contributed by atoms with Crippen LogP contribution in [0.2, 0.25) is 0 Å². The Morgan fingerprint density at radius 1 is 0.741 bits per heavy atom. The van der Waals surface area contributed by atoms with Gasteiger partial charge in [-0.25, -0.2) is 0 Å². The number of phenols is 2. The van der Waals surface area contributed by atoms with Crippen molar-refractivity contribution in [1.82, 2.24) is 0 Å². The van der Waals surface area contributed by atoms with E-state index < -0.39 is 11.6 Å². The maximum absolute atomic E-state index is 13.1. The van der Waals surface area contributed by atoms with Crippen molar-refractivity contribution in [3.05, 3.63) is 76.3 Å². The zero-order chi connectivity index (χ0) is 19.3. The summed E-state index contributed by atoms with van der Waals surface area (Å²) < 4.78 is 0. The Bertz CT molecular complexity index is 1120. The topological polar surface area (TPSA) is 113 Å². The van der Waals surface area contributed by atoms with Crippen LogP contribution in [-0.4, -0.2) is 21.8 Å². The van der Waals surface area contributed by atoms with E-state index in [0.29, 0.717) is 5.69 Å². The Kier molecular flexibility index (Phi) is 3.63. The molecule has 3 aromatic carbocycles. The molecule has 0 bridgehead atoms. The molecule has 1 aliphatic carbocycles. The summed E-state index contributed by atoms with van der Waals surface area (Å²) in [7, 11) is 0. The summed E-state index contributed by atoms with van der Waals surface area (Å²) in [5.41, 5.74) is 7.97. The van der Waals surface area contributed by atoms with Crippen molar-refractivity contribution in [2.24, 2.45) is 0 Å². The molecular formula is C21H16N2O4. The van der Waals surface area contributed by atoms with Crippen LogP contribution in [0.1, 0.15) is 37.4 Å². The minimum Gasteiger partial charge on any atom is -0.507 e. The number of aromatic hydroxyl groups is 2. The van der Waals surface area contributed by atoms with Crippen LogP contribution in [0.5, 0.6) is 11.5 Å². The Hall–Kier alpha value is -3.80. The van der Waals surface area contributed by atoms with Crippen molar-refractivity contribution in [1.29, 1.82) is 0 Å². The van der Waals surface area contributed by atoms with Gasteiger partial charge in [0.1, 0.15) is 11.5 Å². The highest BCUT2D eigenvalue weighted by molar-refractivity contribution is 6.33. The first-order valence-electron chi connectivity index (χ1n) is 8.29. The lowest BCUT2D eigenvalue weighted by Crippen LogP contribution is -2.24. The van der Waals surface area contributed by atoms with Gasteiger partial charge in [-0.15, -0.1) is 0 Å². The molecule has 0 amide bonds. The molecule has 0 heterocycles. The van der Waals surface area contributed by atoms with Gasteiger partial charge in [-0.05, 0) is 43.3 Å². The van der Waals surface area contributed by atoms with Gasteiger partial charge in [0.2, 0.25) is 11.6 Å². The lowest BCUT2D eigenvalue weighted by atomic mass is 9.81. The van der Waals surface area contributed by atoms with E-state index in [4.69, 9.17) is 5.73 Å². The second-order valence-electron chi connectivity index (χ2n) is 6.46. The number of anilines is 3. The summed E-state index contributed by atoms with van der Waals surface area (Å²) in [6, 6.07) is 13.0. The average molecular weight is 360 g/mol. The van der Waals surface area contributed by atoms with E-state index in [1.54, 1.807) is 6.07 Å². The van der Waals surface area contributed by atoms with Crippen molar-refractivity contribution in [3.63, 3.8) is 0 Å². The minimum atomic E-state index is -0.599. The highest BCUT2D eigenvalue weighted by Gasteiger charge is 2.37. The molecule has 1 aliphatic rings. The quantitative estimate of drug-likeness (QED) is 0.321. The predicted molar refractivity (Wildman–Crippen MR) is 102 cm³/mol. The molecule has 0 spiro atoms. The maximum atomic E-state index is 13.1. The number of nitrogens with two attached hydrogens (primary N) is 1. The third-order valence-electron chi connectivity index (χ3n) is 4.64. The zero-order valence-corrected chi connectivity index (χ0v) is 14.4. The number of hydrogen-bond acceptors (Lipinski definition) is 6. The zero-order valence-electron chi connectivity index (χ0n) is 14.4. The number of aryl methyl sites for hydroxylation is 1. The van der Waals surface area contributed by atoms with E-state index in [2.05, 4.69) is 5.32 Å². The first-order chi connectivity index (χ1) is 12.9. The van der Waals surface area contributed by atoms with Crippen LogP contribution in [-0.2, 0) is 0 Å². The largest absolute Gasteiger partial charge is 0.507 e. The Balaban J connectivity index is 1.93. The monoisotopic (exact) mass is 360 g/mol. The molecule has 0 saturated carbocycles. The molecule has 0 aromatic heterocycles. The number of nitrogens with one attached hydrogen (secondary N) is 1. The van der Waals surface area contributed by atoms with E-state index in [0.717, 1.165) is 11.3 Å². The summed E-state index contributed by atoms with van der Waals surface area (Å²) in [5, 5.41) is 23.3. The summed E-state index contributed by atoms with van der Waals surface area (Å²) >= 11 is 0. The SMILES string of the molecule is Cc1ccc(Nc2ccc(N)c3c2C(=O)c2c(O)ccc(O)c2C3=O)cc1. The standard InChI is InChI=1S/C21H16N2O4/c1-10-2-4-11(5-3-10)23-13-7-6-12(22)16-17(13)21(27)19-15(25)9-8-14(24)18(19)20(16)26/h2-9,23-25H,22H2,1H3. The molecule has 6 nitrogen and oxygen atoms in total. The number of fused-ring (bicyclic) bond motifs is 2. The van der Waals surface area contributed by atoms with Gasteiger partial charge in [0.05, 0.1) is 27.9 Å². The van der Waals surface area contributed by atoms with Crippen molar-refractivity contribution in [3.8, 4) is 11.5 Å². The van der Waals surface area contributed by atoms with E-state index >= 15 is 0 Å². The van der Waals surface area contributed by atoms with Crippen LogP contribution >= 0.6 is 0 Å². The normalized spacial score (nSPS) is 12.5. The van der Waals surface area contributed by atoms with E-state index in [-0.39, 0.29) is 39.4 Å². The van der Waals surface area contributed by atoms with Gasteiger partial charge in [0, 0.05) is 11.4 Å². The maximum Gasteiger partial charge on any atom is 0.200 e. The number of hydrogen-bond donors (Lipinski definition) is 4. The Labute approximate surface area is 154 Å². The van der Waals surface area contributed by atoms with Crippen LogP contribution in [0, 0.1) is 6.92 Å². The number of carbonyl (C=O) groups is 2. The molecule has 0 fully saturated rings. The number of nitrogen functional groups attached to an aromatic ring is 1. The van der Waals surface area contributed by atoms with Crippen molar-refractivity contribution < 1.29 is 19.8 Å². The number of benzene rings is 3. The first-order valence-corrected chi connectivity index (χ1v) is 8.29. The van der Waals surface area contributed by atoms with Crippen LogP contribution < -0.4 is 11.1 Å². The molecule has 0 saturated heterocycles. The molecule has 0 radical (unpaired) electrons. The van der Waals surface area contributed by atoms with Crippen LogP contribution in [0.4, 0.5) is 17.1 Å². The Morgan fingerprint density at radius 3 is 1.89 bits per heavy atom. The van der Waals surface area contributed by atoms with Gasteiger partial charge < -0.3 is 21.3 Å². The third-order valence-corrected chi connectivity index (χ3v) is 4.64. The second kappa shape index (κ2) is 5.88. The van der Waals surface area contributed by atoms with Gasteiger partial charge in [0.25, 0.3) is 0 Å². The summed E-state index contributed by atoms with van der Waals surface area (Å²) in [6.07, 6.45) is 0. The minimum absolute atomic E-state index is 0.0190. The molecule has 134 valence electrons. The number of carbonyl (C=O) groups excluding carboxylic acids is 2. The number of rotatable bonds is 2. The fourth-order valence-corrected chi connectivity index (χ4v) is 3.29. The molecule has 5 N–H and O–H groups in total. The van der Waals surface area contributed by atoms with Gasteiger partial charge in [-0.1, -0.05) is 17.7 Å². The van der Waals surface area contributed by atoms with E-state index in [1.807, 2.05) is 31.2 Å². The van der Waals surface area contributed by atoms with Crippen LogP contribution in [0.25, 0.3) is 0 Å². The molecule has 3 aromatic rings. The average Bonchev–Trinajstić information content (AvgIpc) is 2.64. The van der Waals surface area contributed by atoms with Crippen molar-refractivity contribution in [2.45, 2.75) is 6.92 Å². The van der Waals surface area contributed by atoms with Gasteiger partial charge >= 0.3 is 0 Å². The van der Waals surface area contributed by atoms with Crippen LogP contribution in [0.15, 0.2) is 48.5 Å². The summed E-state index contributed by atoms with van der Waals surface area (Å²) in [6.45, 7) is 1.96. The molecule has 6 heteroatoms. The molecule has 0 atom stereocenters. The molecule has 0 unspecified atom stereocenters. The fourth-order valence-electron chi connectivity index (χ4n) is 3.29. The van der Waals surface area contributed by atoms with Gasteiger partial charge in [-0.2, -0.15) is 0 Å². The third kappa shape index (κ3) is 2.50. The van der Waals surface area contributed by atoms with E-state index in [1.165, 1.54) is 18.2 Å². The summed E-state index contributed by atoms with van der Waals surface area (Å²) in [4.78, 5) is 26.1. The van der Waals surface area contributed by atoms with Gasteiger partial charge in [-0.3, -0.25) is 9.59 Å². The highest BCUT2D eigenvalue weighted by Crippen LogP contribution is 2.42.